The van der Waals surface area contributed by atoms with E-state index in [-0.39, 0.29) is 11.9 Å². The Morgan fingerprint density at radius 3 is 3.00 bits per heavy atom. The molecule has 7 heteroatoms. The first-order valence-electron chi connectivity index (χ1n) is 7.65. The molecular weight excluding hydrogens is 296 g/mol. The molecule has 122 valence electrons. The van der Waals surface area contributed by atoms with Gasteiger partial charge in [0.1, 0.15) is 5.76 Å². The first-order valence-corrected chi connectivity index (χ1v) is 7.65. The Hall–Kier alpha value is -2.28. The topological polar surface area (TPSA) is 81.4 Å². The van der Waals surface area contributed by atoms with Crippen LogP contribution in [-0.2, 0) is 11.3 Å². The number of hydrogen-bond acceptors (Lipinski definition) is 6. The third-order valence-electron chi connectivity index (χ3n) is 4.10. The zero-order chi connectivity index (χ0) is 16.4. The molecule has 3 heterocycles. The van der Waals surface area contributed by atoms with E-state index in [1.165, 1.54) is 0 Å². The standard InChI is InChI=1S/C16H20N4O3/c1-10-7-17-8-13(18-10)14-5-4-6-20(14)16(21)15-12(9-22-3)11(2)23-19-15/h7-8,14H,4-6,9H2,1-3H3. The van der Waals surface area contributed by atoms with Crippen LogP contribution < -0.4 is 0 Å². The maximum atomic E-state index is 12.9. The highest BCUT2D eigenvalue weighted by atomic mass is 16.5. The van der Waals surface area contributed by atoms with Crippen LogP contribution in [0.2, 0.25) is 0 Å². The van der Waals surface area contributed by atoms with E-state index in [2.05, 4.69) is 15.1 Å². The molecule has 0 spiro atoms. The van der Waals surface area contributed by atoms with Crippen LogP contribution in [0, 0.1) is 13.8 Å². The average molecular weight is 316 g/mol. The third kappa shape index (κ3) is 2.96. The van der Waals surface area contributed by atoms with Crippen molar-refractivity contribution in [3.8, 4) is 0 Å². The predicted molar refractivity (Wildman–Crippen MR) is 81.7 cm³/mol. The average Bonchev–Trinajstić information content (AvgIpc) is 3.15. The van der Waals surface area contributed by atoms with E-state index in [1.54, 1.807) is 31.3 Å². The van der Waals surface area contributed by atoms with Gasteiger partial charge in [-0.05, 0) is 26.7 Å². The van der Waals surface area contributed by atoms with Crippen molar-refractivity contribution >= 4 is 5.91 Å². The number of ether oxygens (including phenoxy) is 1. The van der Waals surface area contributed by atoms with Gasteiger partial charge in [0.05, 0.1) is 35.8 Å². The van der Waals surface area contributed by atoms with E-state index in [4.69, 9.17) is 9.26 Å². The molecule has 1 fully saturated rings. The molecule has 1 aliphatic rings. The Bertz CT molecular complexity index is 713. The van der Waals surface area contributed by atoms with Crippen LogP contribution in [0.4, 0.5) is 0 Å². The fourth-order valence-electron chi connectivity index (χ4n) is 2.97. The Morgan fingerprint density at radius 1 is 1.43 bits per heavy atom. The summed E-state index contributed by atoms with van der Waals surface area (Å²) in [5.74, 6) is 0.473. The fourth-order valence-corrected chi connectivity index (χ4v) is 2.97. The Morgan fingerprint density at radius 2 is 2.26 bits per heavy atom. The molecule has 0 saturated carbocycles. The molecule has 1 unspecified atom stereocenters. The van der Waals surface area contributed by atoms with Crippen molar-refractivity contribution in [2.45, 2.75) is 39.3 Å². The lowest BCUT2D eigenvalue weighted by molar-refractivity contribution is 0.0717. The van der Waals surface area contributed by atoms with Gasteiger partial charge in [0.15, 0.2) is 5.69 Å². The molecule has 1 saturated heterocycles. The number of carbonyl (C=O) groups excluding carboxylic acids is 1. The molecule has 0 radical (unpaired) electrons. The molecule has 1 atom stereocenters. The molecule has 0 bridgehead atoms. The molecule has 3 rings (SSSR count). The Balaban J connectivity index is 1.89. The molecule has 23 heavy (non-hydrogen) atoms. The van der Waals surface area contributed by atoms with Crippen LogP contribution in [0.1, 0.15) is 52.1 Å². The van der Waals surface area contributed by atoms with Crippen molar-refractivity contribution in [3.05, 3.63) is 40.8 Å². The Labute approximate surface area is 134 Å². The second-order valence-electron chi connectivity index (χ2n) is 5.74. The summed E-state index contributed by atoms with van der Waals surface area (Å²) in [6.45, 7) is 4.66. The monoisotopic (exact) mass is 316 g/mol. The second kappa shape index (κ2) is 6.45. The summed E-state index contributed by atoms with van der Waals surface area (Å²) in [6, 6.07) is -0.0673. The summed E-state index contributed by atoms with van der Waals surface area (Å²) < 4.78 is 10.3. The van der Waals surface area contributed by atoms with Gasteiger partial charge in [-0.1, -0.05) is 5.16 Å². The van der Waals surface area contributed by atoms with Gasteiger partial charge in [-0.2, -0.15) is 0 Å². The lowest BCUT2D eigenvalue weighted by atomic mass is 10.1. The number of hydrogen-bond donors (Lipinski definition) is 0. The number of nitrogens with zero attached hydrogens (tertiary/aromatic N) is 4. The summed E-state index contributed by atoms with van der Waals surface area (Å²) >= 11 is 0. The number of carbonyl (C=O) groups is 1. The zero-order valence-corrected chi connectivity index (χ0v) is 13.6. The molecule has 0 aromatic carbocycles. The number of rotatable bonds is 4. The van der Waals surface area contributed by atoms with Gasteiger partial charge in [-0.25, -0.2) is 0 Å². The quantitative estimate of drug-likeness (QED) is 0.860. The van der Waals surface area contributed by atoms with E-state index < -0.39 is 0 Å². The minimum Gasteiger partial charge on any atom is -0.380 e. The number of amides is 1. The predicted octanol–water partition coefficient (Wildman–Crippen LogP) is 2.21. The van der Waals surface area contributed by atoms with Crippen molar-refractivity contribution in [3.63, 3.8) is 0 Å². The highest BCUT2D eigenvalue weighted by molar-refractivity contribution is 5.94. The third-order valence-corrected chi connectivity index (χ3v) is 4.10. The molecular formula is C16H20N4O3. The van der Waals surface area contributed by atoms with Gasteiger partial charge < -0.3 is 14.2 Å². The number of aromatic nitrogens is 3. The largest absolute Gasteiger partial charge is 0.380 e. The SMILES string of the molecule is COCc1c(C(=O)N2CCCC2c2cncc(C)n2)noc1C. The first kappa shape index (κ1) is 15.6. The maximum Gasteiger partial charge on any atom is 0.276 e. The highest BCUT2D eigenvalue weighted by Gasteiger charge is 2.34. The summed E-state index contributed by atoms with van der Waals surface area (Å²) in [5.41, 5.74) is 2.71. The van der Waals surface area contributed by atoms with Crippen molar-refractivity contribution in [1.82, 2.24) is 20.0 Å². The maximum absolute atomic E-state index is 12.9. The van der Waals surface area contributed by atoms with Gasteiger partial charge in [-0.15, -0.1) is 0 Å². The van der Waals surface area contributed by atoms with E-state index in [0.717, 1.165) is 24.2 Å². The Kier molecular flexibility index (Phi) is 4.38. The van der Waals surface area contributed by atoms with Gasteiger partial charge in [0.2, 0.25) is 0 Å². The number of methoxy groups -OCH3 is 1. The van der Waals surface area contributed by atoms with Gasteiger partial charge in [0.25, 0.3) is 5.91 Å². The summed E-state index contributed by atoms with van der Waals surface area (Å²) in [5, 5.41) is 3.94. The summed E-state index contributed by atoms with van der Waals surface area (Å²) in [6.07, 6.45) is 5.25. The fraction of sp³-hybridized carbons (Fsp3) is 0.500. The van der Waals surface area contributed by atoms with Crippen LogP contribution in [0.3, 0.4) is 0 Å². The van der Waals surface area contributed by atoms with Gasteiger partial charge >= 0.3 is 0 Å². The minimum absolute atomic E-state index is 0.0673. The van der Waals surface area contributed by atoms with Crippen LogP contribution in [-0.4, -0.2) is 39.6 Å². The zero-order valence-electron chi connectivity index (χ0n) is 13.6. The van der Waals surface area contributed by atoms with Crippen LogP contribution >= 0.6 is 0 Å². The van der Waals surface area contributed by atoms with Crippen LogP contribution in [0.5, 0.6) is 0 Å². The highest BCUT2D eigenvalue weighted by Crippen LogP contribution is 2.32. The number of likely N-dealkylation sites (tertiary alicyclic amines) is 1. The van der Waals surface area contributed by atoms with E-state index in [1.807, 2.05) is 6.92 Å². The number of aryl methyl sites for hydroxylation is 2. The lowest BCUT2D eigenvalue weighted by Gasteiger charge is -2.23. The van der Waals surface area contributed by atoms with Crippen molar-refractivity contribution in [1.29, 1.82) is 0 Å². The van der Waals surface area contributed by atoms with Crippen molar-refractivity contribution in [2.75, 3.05) is 13.7 Å². The molecule has 2 aromatic heterocycles. The summed E-state index contributed by atoms with van der Waals surface area (Å²) in [4.78, 5) is 23.4. The van der Waals surface area contributed by atoms with E-state index >= 15 is 0 Å². The molecule has 2 aromatic rings. The first-order chi connectivity index (χ1) is 11.1. The van der Waals surface area contributed by atoms with Gasteiger partial charge in [-0.3, -0.25) is 14.8 Å². The van der Waals surface area contributed by atoms with Crippen molar-refractivity contribution < 1.29 is 14.1 Å². The smallest absolute Gasteiger partial charge is 0.276 e. The second-order valence-corrected chi connectivity index (χ2v) is 5.74. The molecule has 1 amide bonds. The normalized spacial score (nSPS) is 17.7. The van der Waals surface area contributed by atoms with Gasteiger partial charge in [0, 0.05) is 19.9 Å². The summed E-state index contributed by atoms with van der Waals surface area (Å²) in [7, 11) is 1.59. The van der Waals surface area contributed by atoms with E-state index in [9.17, 15) is 4.79 Å². The van der Waals surface area contributed by atoms with Crippen LogP contribution in [0.25, 0.3) is 0 Å². The van der Waals surface area contributed by atoms with Crippen LogP contribution in [0.15, 0.2) is 16.9 Å². The molecule has 7 nitrogen and oxygen atoms in total. The molecule has 0 aliphatic carbocycles. The molecule has 1 aliphatic heterocycles. The lowest BCUT2D eigenvalue weighted by Crippen LogP contribution is -2.32. The van der Waals surface area contributed by atoms with Crippen molar-refractivity contribution in [2.24, 2.45) is 0 Å². The van der Waals surface area contributed by atoms with E-state index in [0.29, 0.717) is 30.2 Å². The minimum atomic E-state index is -0.139. The molecule has 0 N–H and O–H groups in total.